The lowest BCUT2D eigenvalue weighted by Gasteiger charge is -2.19. The van der Waals surface area contributed by atoms with Gasteiger partial charge in [-0.15, -0.1) is 0 Å². The number of carboxylic acid groups (broad SMARTS) is 1. The maximum absolute atomic E-state index is 12.0. The lowest BCUT2D eigenvalue weighted by molar-refractivity contribution is -0.142. The summed E-state index contributed by atoms with van der Waals surface area (Å²) in [5, 5.41) is 13.9. The second kappa shape index (κ2) is 9.54. The van der Waals surface area contributed by atoms with Crippen molar-refractivity contribution in [3.8, 4) is 0 Å². The van der Waals surface area contributed by atoms with Gasteiger partial charge in [0.2, 0.25) is 5.91 Å². The fraction of sp³-hybridized carbons (Fsp3) is 0.471. The normalized spacial score (nSPS) is 13.0. The van der Waals surface area contributed by atoms with Crippen LogP contribution in [0.5, 0.6) is 0 Å². The number of alkyl carbamates (subject to hydrolysis) is 1. The molecule has 2 atom stereocenters. The largest absolute Gasteiger partial charge is 0.480 e. The molecule has 0 aliphatic heterocycles. The Kier molecular flexibility index (Phi) is 7.74. The average Bonchev–Trinajstić information content (AvgIpc) is 2.52. The monoisotopic (exact) mass is 336 g/mol. The molecule has 0 aliphatic carbocycles. The lowest BCUT2D eigenvalue weighted by atomic mass is 10.0. The highest BCUT2D eigenvalue weighted by molar-refractivity contribution is 5.88. The van der Waals surface area contributed by atoms with Gasteiger partial charge < -0.3 is 20.5 Å². The molecule has 3 N–H and O–H groups in total. The van der Waals surface area contributed by atoms with E-state index >= 15 is 0 Å². The zero-order valence-corrected chi connectivity index (χ0v) is 14.1. The standard InChI is InChI=1S/C17H24N2O5/c1-11(2)9-14(16(21)22)19-15(20)12(3)18-17(23)24-10-13-7-5-4-6-8-13/h4-8,11-12,14H,9-10H2,1-3H3,(H,18,23)(H,19,20)(H,21,22)/t12-,14-/m0/s1. The third kappa shape index (κ3) is 7.13. The van der Waals surface area contributed by atoms with E-state index < -0.39 is 30.1 Å². The van der Waals surface area contributed by atoms with Crippen LogP contribution in [-0.4, -0.2) is 35.2 Å². The van der Waals surface area contributed by atoms with E-state index in [1.807, 2.05) is 44.2 Å². The molecule has 1 aromatic carbocycles. The molecule has 0 unspecified atom stereocenters. The molecule has 7 nitrogen and oxygen atoms in total. The minimum Gasteiger partial charge on any atom is -0.480 e. The zero-order chi connectivity index (χ0) is 18.1. The summed E-state index contributed by atoms with van der Waals surface area (Å²) in [5.74, 6) is -1.55. The third-order valence-corrected chi connectivity index (χ3v) is 3.26. The molecule has 0 saturated heterocycles. The summed E-state index contributed by atoms with van der Waals surface area (Å²) < 4.78 is 5.02. The average molecular weight is 336 g/mol. The molecule has 2 amide bonds. The van der Waals surface area contributed by atoms with Crippen molar-refractivity contribution in [2.45, 2.75) is 45.9 Å². The van der Waals surface area contributed by atoms with Crippen LogP contribution in [0.3, 0.4) is 0 Å². The molecular weight excluding hydrogens is 312 g/mol. The number of carbonyl (C=O) groups is 3. The Bertz CT molecular complexity index is 559. The minimum absolute atomic E-state index is 0.0894. The number of rotatable bonds is 8. The number of benzene rings is 1. The maximum Gasteiger partial charge on any atom is 0.408 e. The van der Waals surface area contributed by atoms with Gasteiger partial charge >= 0.3 is 12.1 Å². The number of carboxylic acids is 1. The van der Waals surface area contributed by atoms with Crippen LogP contribution in [0.2, 0.25) is 0 Å². The topological polar surface area (TPSA) is 105 Å². The Balaban J connectivity index is 2.44. The molecule has 0 fully saturated rings. The molecule has 1 aromatic rings. The van der Waals surface area contributed by atoms with Gasteiger partial charge in [-0.3, -0.25) is 4.79 Å². The lowest BCUT2D eigenvalue weighted by Crippen LogP contribution is -2.50. The third-order valence-electron chi connectivity index (χ3n) is 3.26. The maximum atomic E-state index is 12.0. The van der Waals surface area contributed by atoms with Crippen LogP contribution in [0.25, 0.3) is 0 Å². The van der Waals surface area contributed by atoms with E-state index in [4.69, 9.17) is 9.84 Å². The van der Waals surface area contributed by atoms with Gasteiger partial charge in [0.1, 0.15) is 18.7 Å². The smallest absolute Gasteiger partial charge is 0.408 e. The second-order valence-corrected chi connectivity index (χ2v) is 5.96. The van der Waals surface area contributed by atoms with Gasteiger partial charge in [-0.25, -0.2) is 9.59 Å². The quantitative estimate of drug-likeness (QED) is 0.673. The van der Waals surface area contributed by atoms with Gasteiger partial charge in [-0.2, -0.15) is 0 Å². The Morgan fingerprint density at radius 3 is 2.25 bits per heavy atom. The van der Waals surface area contributed by atoms with E-state index in [2.05, 4.69) is 10.6 Å². The van der Waals surface area contributed by atoms with E-state index in [0.29, 0.717) is 6.42 Å². The van der Waals surface area contributed by atoms with Crippen LogP contribution < -0.4 is 10.6 Å². The van der Waals surface area contributed by atoms with Gasteiger partial charge in [0.25, 0.3) is 0 Å². The fourth-order valence-corrected chi connectivity index (χ4v) is 2.00. The second-order valence-electron chi connectivity index (χ2n) is 5.96. The van der Waals surface area contributed by atoms with Crippen molar-refractivity contribution in [2.24, 2.45) is 5.92 Å². The fourth-order valence-electron chi connectivity index (χ4n) is 2.00. The molecule has 0 aromatic heterocycles. The van der Waals surface area contributed by atoms with Gasteiger partial charge in [-0.1, -0.05) is 44.2 Å². The van der Waals surface area contributed by atoms with Crippen LogP contribution in [0.1, 0.15) is 32.8 Å². The predicted octanol–water partition coefficient (Wildman–Crippen LogP) is 1.92. The molecule has 0 spiro atoms. The summed E-state index contributed by atoms with van der Waals surface area (Å²) in [7, 11) is 0. The van der Waals surface area contributed by atoms with E-state index in [1.165, 1.54) is 6.92 Å². The highest BCUT2D eigenvalue weighted by Crippen LogP contribution is 2.05. The minimum atomic E-state index is -1.10. The van der Waals surface area contributed by atoms with Crippen molar-refractivity contribution in [3.63, 3.8) is 0 Å². The first-order valence-electron chi connectivity index (χ1n) is 7.80. The first-order chi connectivity index (χ1) is 11.3. The summed E-state index contributed by atoms with van der Waals surface area (Å²) in [6, 6.07) is 7.25. The molecule has 132 valence electrons. The summed E-state index contributed by atoms with van der Waals surface area (Å²) in [4.78, 5) is 34.9. The first kappa shape index (κ1) is 19.5. The van der Waals surface area contributed by atoms with Gasteiger partial charge in [-0.05, 0) is 24.8 Å². The van der Waals surface area contributed by atoms with Gasteiger partial charge in [0.05, 0.1) is 0 Å². The van der Waals surface area contributed by atoms with Crippen LogP contribution in [0, 0.1) is 5.92 Å². The van der Waals surface area contributed by atoms with Crippen LogP contribution in [0.15, 0.2) is 30.3 Å². The number of ether oxygens (including phenoxy) is 1. The van der Waals surface area contributed by atoms with Gasteiger partial charge in [0, 0.05) is 0 Å². The van der Waals surface area contributed by atoms with Crippen LogP contribution in [-0.2, 0) is 20.9 Å². The Labute approximate surface area is 141 Å². The number of carbonyl (C=O) groups excluding carboxylic acids is 2. The number of nitrogens with one attached hydrogen (secondary N) is 2. The first-order valence-corrected chi connectivity index (χ1v) is 7.80. The number of hydrogen-bond donors (Lipinski definition) is 3. The van der Waals surface area contributed by atoms with Gasteiger partial charge in [0.15, 0.2) is 0 Å². The van der Waals surface area contributed by atoms with E-state index in [9.17, 15) is 14.4 Å². The van der Waals surface area contributed by atoms with Crippen LogP contribution >= 0.6 is 0 Å². The molecule has 0 bridgehead atoms. The van der Waals surface area contributed by atoms with Crippen molar-refractivity contribution < 1.29 is 24.2 Å². The van der Waals surface area contributed by atoms with Crippen molar-refractivity contribution >= 4 is 18.0 Å². The molecule has 1 rings (SSSR count). The van der Waals surface area contributed by atoms with E-state index in [1.54, 1.807) is 0 Å². The number of hydrogen-bond acceptors (Lipinski definition) is 4. The molecule has 0 saturated carbocycles. The molecule has 24 heavy (non-hydrogen) atoms. The SMILES string of the molecule is CC(C)C[C@H](NC(=O)[C@H](C)NC(=O)OCc1ccccc1)C(=O)O. The molecular formula is C17H24N2O5. The number of aliphatic carboxylic acids is 1. The van der Waals surface area contributed by atoms with Crippen molar-refractivity contribution in [1.29, 1.82) is 0 Å². The van der Waals surface area contributed by atoms with Crippen LogP contribution in [0.4, 0.5) is 4.79 Å². The Morgan fingerprint density at radius 2 is 1.71 bits per heavy atom. The number of amides is 2. The summed E-state index contributed by atoms with van der Waals surface area (Å²) >= 11 is 0. The Hall–Kier alpha value is -2.57. The predicted molar refractivity (Wildman–Crippen MR) is 88.2 cm³/mol. The van der Waals surface area contributed by atoms with Crippen molar-refractivity contribution in [3.05, 3.63) is 35.9 Å². The van der Waals surface area contributed by atoms with Crippen molar-refractivity contribution in [2.75, 3.05) is 0 Å². The highest BCUT2D eigenvalue weighted by Gasteiger charge is 2.24. The molecule has 7 heteroatoms. The Morgan fingerprint density at radius 1 is 1.08 bits per heavy atom. The summed E-state index contributed by atoms with van der Waals surface area (Å²) in [6.07, 6.45) is -0.427. The summed E-state index contributed by atoms with van der Waals surface area (Å²) in [5.41, 5.74) is 0.827. The van der Waals surface area contributed by atoms with Crippen molar-refractivity contribution in [1.82, 2.24) is 10.6 Å². The van der Waals surface area contributed by atoms with E-state index in [-0.39, 0.29) is 12.5 Å². The highest BCUT2D eigenvalue weighted by atomic mass is 16.5. The molecule has 0 aliphatic rings. The van der Waals surface area contributed by atoms with E-state index in [0.717, 1.165) is 5.56 Å². The molecule has 0 heterocycles. The molecule has 0 radical (unpaired) electrons. The zero-order valence-electron chi connectivity index (χ0n) is 14.1. The summed E-state index contributed by atoms with van der Waals surface area (Å²) in [6.45, 7) is 5.29.